The topological polar surface area (TPSA) is 49.3 Å². The molecule has 0 radical (unpaired) electrons. The summed E-state index contributed by atoms with van der Waals surface area (Å²) in [4.78, 5) is 13.1. The number of anilines is 1. The minimum atomic E-state index is -1.39. The zero-order valence-corrected chi connectivity index (χ0v) is 10.5. The van der Waals surface area contributed by atoms with Crippen LogP contribution in [0, 0.1) is 0 Å². The normalized spacial score (nSPS) is 21.7. The fourth-order valence-electron chi connectivity index (χ4n) is 2.31. The quantitative estimate of drug-likeness (QED) is 0.890. The number of aryl methyl sites for hydroxylation is 1. The molecular formula is C14H13NO2S. The molecule has 18 heavy (non-hydrogen) atoms. The van der Waals surface area contributed by atoms with Crippen molar-refractivity contribution < 1.29 is 9.90 Å². The fraction of sp³-hybridized carbons (Fsp3) is 0.214. The van der Waals surface area contributed by atoms with E-state index in [0.29, 0.717) is 18.4 Å². The number of hydrogen-bond donors (Lipinski definition) is 2. The predicted octanol–water partition coefficient (Wildman–Crippen LogP) is 2.52. The van der Waals surface area contributed by atoms with Gasteiger partial charge in [-0.2, -0.15) is 0 Å². The number of nitrogens with one attached hydrogen (secondary N) is 1. The number of carbonyl (C=O) groups excluding carboxylic acids is 1. The number of hydrogen-bond acceptors (Lipinski definition) is 3. The maximum absolute atomic E-state index is 12.0. The Balaban J connectivity index is 1.87. The third-order valence-corrected chi connectivity index (χ3v) is 4.25. The van der Waals surface area contributed by atoms with Crippen molar-refractivity contribution in [2.45, 2.75) is 18.4 Å². The fourth-order valence-corrected chi connectivity index (χ4v) is 3.02. The van der Waals surface area contributed by atoms with Crippen LogP contribution in [0.4, 0.5) is 5.69 Å². The van der Waals surface area contributed by atoms with Gasteiger partial charge in [-0.1, -0.05) is 24.3 Å². The van der Waals surface area contributed by atoms with Crippen LogP contribution in [0.5, 0.6) is 0 Å². The smallest absolute Gasteiger partial charge is 0.261 e. The van der Waals surface area contributed by atoms with E-state index in [9.17, 15) is 9.90 Å². The molecule has 1 aliphatic heterocycles. The van der Waals surface area contributed by atoms with Gasteiger partial charge < -0.3 is 10.4 Å². The van der Waals surface area contributed by atoms with Crippen LogP contribution in [-0.4, -0.2) is 11.0 Å². The SMILES string of the molecule is O=C1Nc2ccccc2C1(O)CCc1cccs1. The number of carbonyl (C=O) groups is 1. The average Bonchev–Trinajstić information content (AvgIpc) is 2.96. The molecule has 1 aromatic heterocycles. The minimum Gasteiger partial charge on any atom is -0.375 e. The van der Waals surface area contributed by atoms with Gasteiger partial charge in [0.05, 0.1) is 0 Å². The molecule has 2 heterocycles. The molecule has 0 aliphatic carbocycles. The first-order chi connectivity index (χ1) is 8.70. The summed E-state index contributed by atoms with van der Waals surface area (Å²) >= 11 is 1.64. The van der Waals surface area contributed by atoms with E-state index >= 15 is 0 Å². The Morgan fingerprint density at radius 3 is 2.83 bits per heavy atom. The van der Waals surface area contributed by atoms with Crippen molar-refractivity contribution >= 4 is 22.9 Å². The lowest BCUT2D eigenvalue weighted by atomic mass is 9.90. The number of fused-ring (bicyclic) bond motifs is 1. The number of benzene rings is 1. The van der Waals surface area contributed by atoms with Crippen molar-refractivity contribution in [3.63, 3.8) is 0 Å². The molecule has 0 saturated carbocycles. The highest BCUT2D eigenvalue weighted by Gasteiger charge is 2.44. The first-order valence-corrected chi connectivity index (χ1v) is 6.74. The van der Waals surface area contributed by atoms with Crippen molar-refractivity contribution in [1.82, 2.24) is 0 Å². The predicted molar refractivity (Wildman–Crippen MR) is 71.6 cm³/mol. The van der Waals surface area contributed by atoms with Gasteiger partial charge in [0, 0.05) is 16.1 Å². The molecule has 4 heteroatoms. The molecule has 1 atom stereocenters. The molecule has 0 fully saturated rings. The van der Waals surface area contributed by atoms with Crippen LogP contribution >= 0.6 is 11.3 Å². The molecule has 3 rings (SSSR count). The summed E-state index contributed by atoms with van der Waals surface area (Å²) < 4.78 is 0. The van der Waals surface area contributed by atoms with Gasteiger partial charge in [-0.15, -0.1) is 11.3 Å². The van der Waals surface area contributed by atoms with Gasteiger partial charge in [0.2, 0.25) is 0 Å². The molecule has 2 aromatic rings. The maximum atomic E-state index is 12.0. The summed E-state index contributed by atoms with van der Waals surface area (Å²) in [6.07, 6.45) is 1.12. The zero-order chi connectivity index (χ0) is 12.6. The summed E-state index contributed by atoms with van der Waals surface area (Å²) in [5.41, 5.74) is 0.0170. The van der Waals surface area contributed by atoms with E-state index in [2.05, 4.69) is 5.32 Å². The summed E-state index contributed by atoms with van der Waals surface area (Å²) in [5.74, 6) is -0.319. The molecule has 0 bridgehead atoms. The van der Waals surface area contributed by atoms with Crippen molar-refractivity contribution in [3.05, 3.63) is 52.2 Å². The van der Waals surface area contributed by atoms with Crippen LogP contribution in [-0.2, 0) is 16.8 Å². The molecule has 1 amide bonds. The highest BCUT2D eigenvalue weighted by molar-refractivity contribution is 7.09. The lowest BCUT2D eigenvalue weighted by Crippen LogP contribution is -2.34. The lowest BCUT2D eigenvalue weighted by Gasteiger charge is -2.20. The number of thiophene rings is 1. The van der Waals surface area contributed by atoms with E-state index in [4.69, 9.17) is 0 Å². The van der Waals surface area contributed by atoms with Gasteiger partial charge in [-0.05, 0) is 30.4 Å². The standard InChI is InChI=1S/C14H13NO2S/c16-13-14(17,8-7-10-4-3-9-18-10)11-5-1-2-6-12(11)15-13/h1-6,9,17H,7-8H2,(H,15,16). The van der Waals surface area contributed by atoms with Crippen molar-refractivity contribution in [2.75, 3.05) is 5.32 Å². The number of rotatable bonds is 3. The summed E-state index contributed by atoms with van der Waals surface area (Å²) in [6, 6.07) is 11.3. The van der Waals surface area contributed by atoms with Gasteiger partial charge in [0.25, 0.3) is 5.91 Å². The van der Waals surface area contributed by atoms with Crippen LogP contribution < -0.4 is 5.32 Å². The average molecular weight is 259 g/mol. The molecular weight excluding hydrogens is 246 g/mol. The summed E-state index contributed by atoms with van der Waals surface area (Å²) in [7, 11) is 0. The van der Waals surface area contributed by atoms with E-state index in [-0.39, 0.29) is 5.91 Å². The van der Waals surface area contributed by atoms with Crippen LogP contribution in [0.25, 0.3) is 0 Å². The van der Waals surface area contributed by atoms with E-state index < -0.39 is 5.60 Å². The largest absolute Gasteiger partial charge is 0.375 e. The second-order valence-corrected chi connectivity index (χ2v) is 5.47. The molecule has 1 unspecified atom stereocenters. The number of aliphatic hydroxyl groups is 1. The Morgan fingerprint density at radius 1 is 1.22 bits per heavy atom. The molecule has 0 spiro atoms. The van der Waals surface area contributed by atoms with Gasteiger partial charge in [0.15, 0.2) is 5.60 Å². The van der Waals surface area contributed by atoms with Gasteiger partial charge in [0.1, 0.15) is 0 Å². The van der Waals surface area contributed by atoms with Crippen molar-refractivity contribution in [1.29, 1.82) is 0 Å². The summed E-state index contributed by atoms with van der Waals surface area (Å²) in [5, 5.41) is 15.3. The van der Waals surface area contributed by atoms with Gasteiger partial charge in [-0.25, -0.2) is 0 Å². The van der Waals surface area contributed by atoms with E-state index in [1.807, 2.05) is 41.8 Å². The summed E-state index contributed by atoms with van der Waals surface area (Å²) in [6.45, 7) is 0. The van der Waals surface area contributed by atoms with E-state index in [1.54, 1.807) is 11.3 Å². The third-order valence-electron chi connectivity index (χ3n) is 3.31. The number of para-hydroxylation sites is 1. The number of amides is 1. The molecule has 92 valence electrons. The highest BCUT2D eigenvalue weighted by atomic mass is 32.1. The van der Waals surface area contributed by atoms with E-state index in [0.717, 1.165) is 5.69 Å². The Morgan fingerprint density at radius 2 is 2.06 bits per heavy atom. The van der Waals surface area contributed by atoms with Gasteiger partial charge in [-0.3, -0.25) is 4.79 Å². The molecule has 1 aromatic carbocycles. The van der Waals surface area contributed by atoms with Crippen LogP contribution in [0.15, 0.2) is 41.8 Å². The molecule has 2 N–H and O–H groups in total. The van der Waals surface area contributed by atoms with Crippen LogP contribution in [0.3, 0.4) is 0 Å². The molecule has 1 aliphatic rings. The monoisotopic (exact) mass is 259 g/mol. The first kappa shape index (κ1) is 11.4. The van der Waals surface area contributed by atoms with Crippen molar-refractivity contribution in [3.8, 4) is 0 Å². The third kappa shape index (κ3) is 1.74. The van der Waals surface area contributed by atoms with Crippen LogP contribution in [0.1, 0.15) is 16.9 Å². The zero-order valence-electron chi connectivity index (χ0n) is 9.72. The van der Waals surface area contributed by atoms with E-state index in [1.165, 1.54) is 4.88 Å². The molecule has 3 nitrogen and oxygen atoms in total. The maximum Gasteiger partial charge on any atom is 0.261 e. The Bertz CT molecular complexity index is 579. The van der Waals surface area contributed by atoms with Gasteiger partial charge >= 0.3 is 0 Å². The highest BCUT2D eigenvalue weighted by Crippen LogP contribution is 2.38. The first-order valence-electron chi connectivity index (χ1n) is 5.86. The lowest BCUT2D eigenvalue weighted by molar-refractivity contribution is -0.134. The Kier molecular flexibility index (Phi) is 2.69. The minimum absolute atomic E-state index is 0.319. The second kappa shape index (κ2) is 4.23. The second-order valence-electron chi connectivity index (χ2n) is 4.44. The van der Waals surface area contributed by atoms with Crippen molar-refractivity contribution in [2.24, 2.45) is 0 Å². The Labute approximate surface area is 109 Å². The Hall–Kier alpha value is -1.65. The molecule has 0 saturated heterocycles. The van der Waals surface area contributed by atoms with Crippen LogP contribution in [0.2, 0.25) is 0 Å².